The summed E-state index contributed by atoms with van der Waals surface area (Å²) in [4.78, 5) is 10.9. The fourth-order valence-corrected chi connectivity index (χ4v) is 0.889. The van der Waals surface area contributed by atoms with Crippen molar-refractivity contribution in [2.45, 2.75) is 0 Å². The van der Waals surface area contributed by atoms with Crippen LogP contribution in [0, 0.1) is 0 Å². The van der Waals surface area contributed by atoms with Crippen molar-refractivity contribution in [3.05, 3.63) is 0 Å². The van der Waals surface area contributed by atoms with Crippen LogP contribution in [0.4, 0.5) is 4.79 Å². The lowest BCUT2D eigenvalue weighted by molar-refractivity contribution is -0.838. The molecule has 0 aromatic rings. The number of rotatable bonds is 6. The first-order valence-corrected chi connectivity index (χ1v) is 4.12. The van der Waals surface area contributed by atoms with Gasteiger partial charge in [-0.15, -0.1) is 0 Å². The Bertz CT molecular complexity index is 152. The summed E-state index contributed by atoms with van der Waals surface area (Å²) in [7, 11) is 4.77. The molecule has 0 aromatic heterocycles. The minimum atomic E-state index is -0.853. The molecule has 5 heteroatoms. The number of amides is 1. The van der Waals surface area contributed by atoms with Crippen molar-refractivity contribution in [2.24, 2.45) is 0 Å². The van der Waals surface area contributed by atoms with E-state index in [-0.39, 0.29) is 4.48 Å². The predicted molar refractivity (Wildman–Crippen MR) is 47.7 cm³/mol. The molecular formula is C8H18NO4+. The second-order valence-corrected chi connectivity index (χ2v) is 3.11. The molecule has 78 valence electrons. The molecule has 0 saturated heterocycles. The van der Waals surface area contributed by atoms with Crippen LogP contribution in [0.1, 0.15) is 0 Å². The van der Waals surface area contributed by atoms with Gasteiger partial charge in [-0.05, 0) is 0 Å². The van der Waals surface area contributed by atoms with Crippen LogP contribution in [-0.2, 0) is 9.47 Å². The van der Waals surface area contributed by atoms with Crippen molar-refractivity contribution >= 4 is 6.09 Å². The van der Waals surface area contributed by atoms with Crippen molar-refractivity contribution in [3.63, 3.8) is 0 Å². The molecule has 0 heterocycles. The third-order valence-electron chi connectivity index (χ3n) is 2.04. The van der Waals surface area contributed by atoms with Crippen LogP contribution >= 0.6 is 0 Å². The zero-order valence-corrected chi connectivity index (χ0v) is 8.45. The first kappa shape index (κ1) is 12.3. The maximum absolute atomic E-state index is 10.9. The van der Waals surface area contributed by atoms with Gasteiger partial charge in [-0.3, -0.25) is 0 Å². The monoisotopic (exact) mass is 192 g/mol. The molecule has 0 aliphatic rings. The van der Waals surface area contributed by atoms with E-state index in [2.05, 4.69) is 0 Å². The average molecular weight is 192 g/mol. The van der Waals surface area contributed by atoms with Gasteiger partial charge in [0.2, 0.25) is 0 Å². The largest absolute Gasteiger partial charge is 0.513 e. The molecule has 0 aromatic carbocycles. The Kier molecular flexibility index (Phi) is 5.61. The second-order valence-electron chi connectivity index (χ2n) is 3.11. The fraction of sp³-hybridized carbons (Fsp3) is 0.875. The van der Waals surface area contributed by atoms with Gasteiger partial charge in [0, 0.05) is 14.2 Å². The van der Waals surface area contributed by atoms with Crippen LogP contribution in [0.25, 0.3) is 0 Å². The highest BCUT2D eigenvalue weighted by Gasteiger charge is 2.30. The Morgan fingerprint density at radius 3 is 1.85 bits per heavy atom. The summed E-state index contributed by atoms with van der Waals surface area (Å²) in [6, 6.07) is 0. The summed E-state index contributed by atoms with van der Waals surface area (Å²) in [5.41, 5.74) is 0. The molecule has 5 nitrogen and oxygen atoms in total. The van der Waals surface area contributed by atoms with Crippen molar-refractivity contribution in [1.82, 2.24) is 0 Å². The van der Waals surface area contributed by atoms with Crippen LogP contribution in [0.3, 0.4) is 0 Å². The van der Waals surface area contributed by atoms with Crippen molar-refractivity contribution in [2.75, 3.05) is 47.6 Å². The molecule has 1 N–H and O–H groups in total. The Morgan fingerprint density at radius 1 is 1.23 bits per heavy atom. The van der Waals surface area contributed by atoms with Gasteiger partial charge in [0.05, 0.1) is 20.3 Å². The summed E-state index contributed by atoms with van der Waals surface area (Å²) in [5, 5.41) is 8.95. The van der Waals surface area contributed by atoms with Gasteiger partial charge in [0.1, 0.15) is 13.1 Å². The Labute approximate surface area is 78.4 Å². The highest BCUT2D eigenvalue weighted by molar-refractivity contribution is 5.56. The molecule has 0 aliphatic carbocycles. The average Bonchev–Trinajstić information content (AvgIpc) is 2.11. The summed E-state index contributed by atoms with van der Waals surface area (Å²) < 4.78 is 9.63. The Balaban J connectivity index is 4.08. The van der Waals surface area contributed by atoms with E-state index in [0.29, 0.717) is 26.3 Å². The number of hydrogen-bond acceptors (Lipinski definition) is 3. The van der Waals surface area contributed by atoms with Gasteiger partial charge in [0.25, 0.3) is 0 Å². The van der Waals surface area contributed by atoms with Gasteiger partial charge >= 0.3 is 6.09 Å². The van der Waals surface area contributed by atoms with Crippen LogP contribution < -0.4 is 0 Å². The van der Waals surface area contributed by atoms with Crippen LogP contribution in [0.15, 0.2) is 0 Å². The summed E-state index contributed by atoms with van der Waals surface area (Å²) in [6.07, 6.45) is -0.853. The van der Waals surface area contributed by atoms with E-state index in [9.17, 15) is 4.79 Å². The highest BCUT2D eigenvalue weighted by atomic mass is 16.5. The number of quaternary nitrogens is 1. The van der Waals surface area contributed by atoms with Gasteiger partial charge < -0.3 is 14.6 Å². The molecule has 0 bridgehead atoms. The van der Waals surface area contributed by atoms with Crippen molar-refractivity contribution < 1.29 is 23.9 Å². The van der Waals surface area contributed by atoms with Crippen LogP contribution in [-0.4, -0.2) is 63.3 Å². The molecule has 0 radical (unpaired) electrons. The summed E-state index contributed by atoms with van der Waals surface area (Å²) in [6.45, 7) is 1.78. The number of ether oxygens (including phenoxy) is 2. The molecule has 13 heavy (non-hydrogen) atoms. The third-order valence-corrected chi connectivity index (χ3v) is 2.04. The van der Waals surface area contributed by atoms with E-state index < -0.39 is 6.09 Å². The number of nitrogens with zero attached hydrogens (tertiary/aromatic N) is 1. The number of carboxylic acid groups (broad SMARTS) is 1. The molecule has 0 rings (SSSR count). The predicted octanol–water partition coefficient (Wildman–Crippen LogP) is 0.404. The number of carbonyl (C=O) groups is 1. The van der Waals surface area contributed by atoms with E-state index in [1.54, 1.807) is 21.3 Å². The Hall–Kier alpha value is -0.650. The van der Waals surface area contributed by atoms with Gasteiger partial charge in [-0.25, -0.2) is 4.48 Å². The molecule has 0 aliphatic heterocycles. The van der Waals surface area contributed by atoms with Gasteiger partial charge in [0.15, 0.2) is 0 Å². The van der Waals surface area contributed by atoms with E-state index >= 15 is 0 Å². The quantitative estimate of drug-likeness (QED) is 0.619. The van der Waals surface area contributed by atoms with E-state index in [0.717, 1.165) is 0 Å². The maximum Gasteiger partial charge on any atom is 0.513 e. The summed E-state index contributed by atoms with van der Waals surface area (Å²) >= 11 is 0. The first-order valence-electron chi connectivity index (χ1n) is 4.12. The minimum Gasteiger partial charge on any atom is -0.435 e. The van der Waals surface area contributed by atoms with E-state index in [1.165, 1.54) is 0 Å². The number of likely N-dealkylation sites (N-methyl/N-ethyl adjacent to an activating group) is 1. The van der Waals surface area contributed by atoms with Crippen LogP contribution in [0.2, 0.25) is 0 Å². The lowest BCUT2D eigenvalue weighted by Gasteiger charge is -2.27. The van der Waals surface area contributed by atoms with Crippen molar-refractivity contribution in [1.29, 1.82) is 0 Å². The van der Waals surface area contributed by atoms with Crippen molar-refractivity contribution in [3.8, 4) is 0 Å². The molecular weight excluding hydrogens is 174 g/mol. The standard InChI is InChI=1S/C8H17NO4/c1-9(8(10)11,4-6-12-2)5-7-13-3/h4-7H2,1-3H3/p+1. The molecule has 1 amide bonds. The lowest BCUT2D eigenvalue weighted by Crippen LogP contribution is -2.52. The van der Waals surface area contributed by atoms with E-state index in [1.807, 2.05) is 0 Å². The minimum absolute atomic E-state index is 0.0678. The van der Waals surface area contributed by atoms with E-state index in [4.69, 9.17) is 14.6 Å². The smallest absolute Gasteiger partial charge is 0.435 e. The number of methoxy groups -OCH3 is 2. The lowest BCUT2D eigenvalue weighted by atomic mass is 10.4. The fourth-order valence-electron chi connectivity index (χ4n) is 0.889. The normalized spacial score (nSPS) is 11.6. The second kappa shape index (κ2) is 5.90. The topological polar surface area (TPSA) is 55.8 Å². The van der Waals surface area contributed by atoms with Gasteiger partial charge in [-0.1, -0.05) is 0 Å². The molecule has 0 spiro atoms. The van der Waals surface area contributed by atoms with Gasteiger partial charge in [-0.2, -0.15) is 4.79 Å². The SMILES string of the molecule is COCC[N+](C)(CCOC)C(=O)O. The molecule has 0 atom stereocenters. The number of hydrogen-bond donors (Lipinski definition) is 1. The zero-order valence-electron chi connectivity index (χ0n) is 8.45. The third kappa shape index (κ3) is 4.21. The molecule has 0 unspecified atom stereocenters. The van der Waals surface area contributed by atoms with Crippen LogP contribution in [0.5, 0.6) is 0 Å². The Morgan fingerprint density at radius 2 is 1.62 bits per heavy atom. The molecule has 0 fully saturated rings. The highest BCUT2D eigenvalue weighted by Crippen LogP contribution is 2.02. The first-order chi connectivity index (χ1) is 6.06. The zero-order chi connectivity index (χ0) is 10.3. The summed E-state index contributed by atoms with van der Waals surface area (Å²) in [5.74, 6) is 0. The maximum atomic E-state index is 10.9. The molecule has 0 saturated carbocycles.